The van der Waals surface area contributed by atoms with Crippen LogP contribution < -0.4 is 4.57 Å². The summed E-state index contributed by atoms with van der Waals surface area (Å²) in [5, 5.41) is 0. The number of nitrogens with zero attached hydrogens (tertiary/aromatic N) is 2. The second-order valence-electron chi connectivity index (χ2n) is 8.42. The zero-order valence-electron chi connectivity index (χ0n) is 19.9. The van der Waals surface area contributed by atoms with Gasteiger partial charge < -0.3 is 22.2 Å². The first-order valence-electron chi connectivity index (χ1n) is 11.5. The number of rotatable bonds is 7. The van der Waals surface area contributed by atoms with Gasteiger partial charge >= 0.3 is 7.25 Å². The summed E-state index contributed by atoms with van der Waals surface area (Å²) in [7, 11) is -1.72. The van der Waals surface area contributed by atoms with Gasteiger partial charge in [0.1, 0.15) is 0 Å². The summed E-state index contributed by atoms with van der Waals surface area (Å²) < 4.78 is 41.5. The first-order valence-corrected chi connectivity index (χ1v) is 11.5. The van der Waals surface area contributed by atoms with Crippen molar-refractivity contribution in [3.8, 4) is 33.6 Å². The Labute approximate surface area is 204 Å². The molecule has 4 rings (SSSR count). The van der Waals surface area contributed by atoms with Crippen molar-refractivity contribution in [2.24, 2.45) is 0 Å². The first kappa shape index (κ1) is 26.2. The van der Waals surface area contributed by atoms with Crippen LogP contribution in [-0.4, -0.2) is 32.8 Å². The third kappa shape index (κ3) is 8.37. The van der Waals surface area contributed by atoms with Crippen molar-refractivity contribution in [2.45, 2.75) is 13.0 Å². The molecule has 0 fully saturated rings. The quantitative estimate of drug-likeness (QED) is 0.154. The van der Waals surface area contributed by atoms with Crippen molar-refractivity contribution in [2.75, 3.05) is 20.6 Å². The van der Waals surface area contributed by atoms with E-state index in [9.17, 15) is 17.3 Å². The second kappa shape index (κ2) is 12.3. The third-order valence-electron chi connectivity index (χ3n) is 5.40. The van der Waals surface area contributed by atoms with Crippen LogP contribution in [0.2, 0.25) is 0 Å². The molecule has 1 heterocycles. The van der Waals surface area contributed by atoms with Gasteiger partial charge in [-0.3, -0.25) is 0 Å². The van der Waals surface area contributed by atoms with Crippen LogP contribution in [0.3, 0.4) is 0 Å². The number of hydrogen-bond donors (Lipinski definition) is 0. The number of aromatic nitrogens is 1. The number of hydrogen-bond acceptors (Lipinski definition) is 1. The Morgan fingerprint density at radius 1 is 0.600 bits per heavy atom. The summed E-state index contributed by atoms with van der Waals surface area (Å²) in [5.41, 5.74) is 7.50. The molecule has 0 aliphatic carbocycles. The highest BCUT2D eigenvalue weighted by Crippen LogP contribution is 2.29. The zero-order valence-corrected chi connectivity index (χ0v) is 19.9. The predicted octanol–water partition coefficient (Wildman–Crippen LogP) is 7.23. The maximum Gasteiger partial charge on any atom is 0.673 e. The Morgan fingerprint density at radius 3 is 1.34 bits per heavy atom. The van der Waals surface area contributed by atoms with Crippen LogP contribution in [0.5, 0.6) is 0 Å². The van der Waals surface area contributed by atoms with E-state index in [4.69, 9.17) is 0 Å². The average Bonchev–Trinajstić information content (AvgIpc) is 2.84. The molecule has 35 heavy (non-hydrogen) atoms. The molecule has 2 nitrogen and oxygen atoms in total. The molecule has 1 aromatic heterocycles. The van der Waals surface area contributed by atoms with Crippen LogP contribution in [0.1, 0.15) is 6.42 Å². The SMILES string of the molecule is CN(C)CCC[n+]1c(-c2ccccc2)cc(-c2ccccc2)cc1-c1ccccc1.F[B-](F)(F)F. The highest BCUT2D eigenvalue weighted by atomic mass is 19.5. The van der Waals surface area contributed by atoms with E-state index >= 15 is 0 Å². The molecule has 0 atom stereocenters. The molecule has 0 saturated heterocycles. The highest BCUT2D eigenvalue weighted by Gasteiger charge is 2.22. The fourth-order valence-corrected chi connectivity index (χ4v) is 3.90. The highest BCUT2D eigenvalue weighted by molar-refractivity contribution is 6.50. The largest absolute Gasteiger partial charge is 0.673 e. The molecule has 182 valence electrons. The smallest absolute Gasteiger partial charge is 0.418 e. The summed E-state index contributed by atoms with van der Waals surface area (Å²) in [6.45, 7) is 2.04. The first-order chi connectivity index (χ1) is 16.7. The fraction of sp³-hybridized carbons (Fsp3) is 0.179. The maximum absolute atomic E-state index is 9.75. The Balaban J connectivity index is 0.000000623. The summed E-state index contributed by atoms with van der Waals surface area (Å²) in [6.07, 6.45) is 1.10. The predicted molar refractivity (Wildman–Crippen MR) is 136 cm³/mol. The molecule has 0 amide bonds. The van der Waals surface area contributed by atoms with Crippen LogP contribution in [0.4, 0.5) is 17.3 Å². The van der Waals surface area contributed by atoms with Crippen LogP contribution in [0.15, 0.2) is 103 Å². The van der Waals surface area contributed by atoms with E-state index in [-0.39, 0.29) is 0 Å². The van der Waals surface area contributed by atoms with Crippen molar-refractivity contribution < 1.29 is 21.8 Å². The van der Waals surface area contributed by atoms with Gasteiger partial charge in [0.05, 0.1) is 0 Å². The molecule has 0 aliphatic rings. The Bertz CT molecular complexity index is 1120. The Morgan fingerprint density at radius 2 is 0.971 bits per heavy atom. The molecule has 0 spiro atoms. The molecule has 3 aromatic carbocycles. The molecule has 0 unspecified atom stereocenters. The van der Waals surface area contributed by atoms with E-state index < -0.39 is 7.25 Å². The summed E-state index contributed by atoms with van der Waals surface area (Å²) >= 11 is 0. The molecule has 0 bridgehead atoms. The van der Waals surface area contributed by atoms with E-state index in [1.807, 2.05) is 0 Å². The number of halogens is 4. The third-order valence-corrected chi connectivity index (χ3v) is 5.40. The minimum absolute atomic E-state index is 0.974. The van der Waals surface area contributed by atoms with Gasteiger partial charge in [-0.25, -0.2) is 0 Å². The van der Waals surface area contributed by atoms with Crippen LogP contribution in [0.25, 0.3) is 33.6 Å². The normalized spacial score (nSPS) is 11.2. The second-order valence-corrected chi connectivity index (χ2v) is 8.42. The summed E-state index contributed by atoms with van der Waals surface area (Å²) in [4.78, 5) is 2.25. The van der Waals surface area contributed by atoms with Gasteiger partial charge in [-0.2, -0.15) is 4.57 Å². The molecule has 4 aromatic rings. The van der Waals surface area contributed by atoms with Gasteiger partial charge in [0.2, 0.25) is 11.4 Å². The van der Waals surface area contributed by atoms with E-state index in [2.05, 4.69) is 127 Å². The van der Waals surface area contributed by atoms with Gasteiger partial charge in [-0.05, 0) is 49.5 Å². The molecular formula is C28H29BF4N2. The fourth-order valence-electron chi connectivity index (χ4n) is 3.90. The van der Waals surface area contributed by atoms with Gasteiger partial charge in [0, 0.05) is 36.2 Å². The maximum atomic E-state index is 9.75. The topological polar surface area (TPSA) is 7.12 Å². The van der Waals surface area contributed by atoms with Crippen molar-refractivity contribution >= 4 is 7.25 Å². The molecule has 7 heteroatoms. The Hall–Kier alpha value is -3.45. The van der Waals surface area contributed by atoms with E-state index in [1.54, 1.807) is 0 Å². The molecule has 0 N–H and O–H groups in total. The number of benzene rings is 3. The van der Waals surface area contributed by atoms with Crippen molar-refractivity contribution in [3.63, 3.8) is 0 Å². The van der Waals surface area contributed by atoms with E-state index in [0.29, 0.717) is 0 Å². The lowest BCUT2D eigenvalue weighted by atomic mass is 9.99. The van der Waals surface area contributed by atoms with Crippen molar-refractivity contribution in [3.05, 3.63) is 103 Å². The van der Waals surface area contributed by atoms with E-state index in [1.165, 1.54) is 33.6 Å². The lowest BCUT2D eigenvalue weighted by molar-refractivity contribution is -0.675. The minimum Gasteiger partial charge on any atom is -0.418 e. The van der Waals surface area contributed by atoms with Gasteiger partial charge in [0.15, 0.2) is 6.54 Å². The van der Waals surface area contributed by atoms with Gasteiger partial charge in [-0.15, -0.1) is 0 Å². The zero-order chi connectivity index (χ0) is 25.3. The molecule has 0 saturated carbocycles. The summed E-state index contributed by atoms with van der Waals surface area (Å²) in [6, 6.07) is 36.8. The van der Waals surface area contributed by atoms with Crippen molar-refractivity contribution in [1.29, 1.82) is 0 Å². The summed E-state index contributed by atoms with van der Waals surface area (Å²) in [5.74, 6) is 0. The van der Waals surface area contributed by atoms with Gasteiger partial charge in [-0.1, -0.05) is 66.7 Å². The lowest BCUT2D eigenvalue weighted by Gasteiger charge is -2.14. The van der Waals surface area contributed by atoms with E-state index in [0.717, 1.165) is 19.5 Å². The van der Waals surface area contributed by atoms with Crippen LogP contribution in [-0.2, 0) is 6.54 Å². The minimum atomic E-state index is -6.00. The number of pyridine rings is 1. The monoisotopic (exact) mass is 480 g/mol. The van der Waals surface area contributed by atoms with Gasteiger partial charge in [0.25, 0.3) is 0 Å². The van der Waals surface area contributed by atoms with Crippen molar-refractivity contribution in [1.82, 2.24) is 4.90 Å². The van der Waals surface area contributed by atoms with Crippen LogP contribution >= 0.6 is 0 Å². The average molecular weight is 480 g/mol. The molecule has 0 radical (unpaired) electrons. The molecular weight excluding hydrogens is 451 g/mol. The molecule has 0 aliphatic heterocycles. The standard InChI is InChI=1S/C28H29N2.BF4/c1-29(2)19-12-20-30-27(24-15-8-4-9-16-24)21-26(23-13-6-3-7-14-23)22-28(30)25-17-10-5-11-18-25;2-1(3,4)5/h3-11,13-18,21-22H,12,19-20H2,1-2H3;/q+1;-1. The lowest BCUT2D eigenvalue weighted by Crippen LogP contribution is -2.40. The van der Waals surface area contributed by atoms with Crippen LogP contribution in [0, 0.1) is 0 Å². The Kier molecular flexibility index (Phi) is 9.21.